The van der Waals surface area contributed by atoms with Gasteiger partial charge in [0.05, 0.1) is 22.3 Å². The van der Waals surface area contributed by atoms with Crippen molar-refractivity contribution in [1.29, 1.82) is 0 Å². The van der Waals surface area contributed by atoms with E-state index < -0.39 is 103 Å². The van der Waals surface area contributed by atoms with Crippen LogP contribution in [-0.4, -0.2) is 0 Å². The quantitative estimate of drug-likeness (QED) is 0.148. The molecule has 0 aliphatic heterocycles. The van der Waals surface area contributed by atoms with Crippen molar-refractivity contribution in [2.75, 3.05) is 11.5 Å². The Hall–Kier alpha value is -4.36. The summed E-state index contributed by atoms with van der Waals surface area (Å²) < 4.78 is 150. The van der Waals surface area contributed by atoms with E-state index in [0.29, 0.717) is 0 Å². The number of fused-ring (bicyclic) bond motifs is 2. The standard InChI is InChI=1S/C22H6F10N2O2/c23-11-9(12(24)16(28)19(31)15(11)27)7-3-1-5-4(2-6(3)36-21(7)33)8(22(34)35-5)10-13(25)17(29)20(32)18(30)14(10)26/h1-2H,33-34H2. The van der Waals surface area contributed by atoms with E-state index in [4.69, 9.17) is 20.3 Å². The van der Waals surface area contributed by atoms with Crippen LogP contribution in [0.4, 0.5) is 55.7 Å². The zero-order valence-electron chi connectivity index (χ0n) is 16.9. The molecule has 0 spiro atoms. The molecular formula is C22H6F10N2O2. The second-order valence-corrected chi connectivity index (χ2v) is 7.42. The molecule has 2 heterocycles. The van der Waals surface area contributed by atoms with Gasteiger partial charge in [0.1, 0.15) is 11.2 Å². The molecule has 186 valence electrons. The molecule has 5 rings (SSSR count). The lowest BCUT2D eigenvalue weighted by Gasteiger charge is -2.08. The van der Waals surface area contributed by atoms with Crippen LogP contribution >= 0.6 is 0 Å². The fourth-order valence-electron chi connectivity index (χ4n) is 3.89. The van der Waals surface area contributed by atoms with E-state index in [2.05, 4.69) is 0 Å². The van der Waals surface area contributed by atoms with Crippen molar-refractivity contribution in [2.45, 2.75) is 0 Å². The van der Waals surface area contributed by atoms with Gasteiger partial charge in [0.2, 0.25) is 11.6 Å². The Kier molecular flexibility index (Phi) is 4.92. The van der Waals surface area contributed by atoms with Gasteiger partial charge in [-0.2, -0.15) is 0 Å². The average molecular weight is 520 g/mol. The van der Waals surface area contributed by atoms with E-state index in [1.54, 1.807) is 0 Å². The van der Waals surface area contributed by atoms with Gasteiger partial charge in [-0.25, -0.2) is 43.9 Å². The minimum atomic E-state index is -2.42. The third-order valence-corrected chi connectivity index (χ3v) is 5.47. The molecule has 5 aromatic rings. The highest BCUT2D eigenvalue weighted by molar-refractivity contribution is 6.10. The molecule has 36 heavy (non-hydrogen) atoms. The van der Waals surface area contributed by atoms with E-state index in [9.17, 15) is 43.9 Å². The van der Waals surface area contributed by atoms with Gasteiger partial charge in [-0.15, -0.1) is 0 Å². The maximum absolute atomic E-state index is 14.4. The number of rotatable bonds is 2. The van der Waals surface area contributed by atoms with Gasteiger partial charge in [-0.3, -0.25) is 0 Å². The zero-order valence-corrected chi connectivity index (χ0v) is 16.9. The van der Waals surface area contributed by atoms with Crippen LogP contribution in [0.1, 0.15) is 0 Å². The SMILES string of the molecule is Nc1oc2cc3c(-c4c(F)c(F)c(F)c(F)c4F)c(N)oc3cc2c1-c1c(F)c(F)c(F)c(F)c1F. The number of anilines is 2. The first kappa shape index (κ1) is 23.4. The van der Waals surface area contributed by atoms with Crippen molar-refractivity contribution in [3.8, 4) is 22.3 Å². The fourth-order valence-corrected chi connectivity index (χ4v) is 3.89. The van der Waals surface area contributed by atoms with E-state index in [1.807, 2.05) is 0 Å². The average Bonchev–Trinajstić information content (AvgIpc) is 3.32. The Balaban J connectivity index is 1.86. The van der Waals surface area contributed by atoms with E-state index in [1.165, 1.54) is 0 Å². The Morgan fingerprint density at radius 3 is 0.917 bits per heavy atom. The molecule has 0 saturated carbocycles. The molecule has 14 heteroatoms. The molecule has 0 aliphatic carbocycles. The Bertz CT molecular complexity index is 1590. The van der Waals surface area contributed by atoms with E-state index in [0.717, 1.165) is 12.1 Å². The second kappa shape index (κ2) is 7.57. The molecule has 0 atom stereocenters. The van der Waals surface area contributed by atoms with E-state index in [-0.39, 0.29) is 10.8 Å². The number of benzene rings is 3. The topological polar surface area (TPSA) is 78.3 Å². The summed E-state index contributed by atoms with van der Waals surface area (Å²) >= 11 is 0. The number of nitrogen functional groups attached to an aromatic ring is 2. The van der Waals surface area contributed by atoms with Gasteiger partial charge in [0.15, 0.2) is 58.3 Å². The van der Waals surface area contributed by atoms with Crippen molar-refractivity contribution >= 4 is 33.7 Å². The van der Waals surface area contributed by atoms with Crippen molar-refractivity contribution in [3.63, 3.8) is 0 Å². The van der Waals surface area contributed by atoms with Crippen LogP contribution < -0.4 is 11.5 Å². The Morgan fingerprint density at radius 2 is 0.639 bits per heavy atom. The number of halogens is 10. The van der Waals surface area contributed by atoms with Gasteiger partial charge in [0.25, 0.3) is 0 Å². The van der Waals surface area contributed by atoms with Gasteiger partial charge in [-0.1, -0.05) is 0 Å². The monoisotopic (exact) mass is 520 g/mol. The Morgan fingerprint density at radius 1 is 0.389 bits per heavy atom. The van der Waals surface area contributed by atoms with Gasteiger partial charge in [-0.05, 0) is 12.1 Å². The fraction of sp³-hybridized carbons (Fsp3) is 0. The van der Waals surface area contributed by atoms with Crippen LogP contribution in [0.25, 0.3) is 44.2 Å². The van der Waals surface area contributed by atoms with Crippen molar-refractivity contribution in [1.82, 2.24) is 0 Å². The first-order valence-electron chi connectivity index (χ1n) is 9.44. The molecule has 0 amide bonds. The zero-order chi connectivity index (χ0) is 26.4. The van der Waals surface area contributed by atoms with Crippen LogP contribution in [0, 0.1) is 58.2 Å². The summed E-state index contributed by atoms with van der Waals surface area (Å²) in [6.45, 7) is 0. The van der Waals surface area contributed by atoms with Crippen molar-refractivity contribution in [2.24, 2.45) is 0 Å². The smallest absolute Gasteiger partial charge is 0.200 e. The maximum atomic E-state index is 14.4. The molecule has 4 N–H and O–H groups in total. The highest BCUT2D eigenvalue weighted by Gasteiger charge is 2.33. The van der Waals surface area contributed by atoms with Crippen molar-refractivity contribution in [3.05, 3.63) is 70.3 Å². The lowest BCUT2D eigenvalue weighted by Crippen LogP contribution is -2.04. The summed E-state index contributed by atoms with van der Waals surface area (Å²) in [6, 6.07) is 1.73. The van der Waals surface area contributed by atoms with Crippen LogP contribution in [0.3, 0.4) is 0 Å². The first-order valence-corrected chi connectivity index (χ1v) is 9.44. The van der Waals surface area contributed by atoms with Gasteiger partial charge < -0.3 is 20.3 Å². The molecule has 0 fully saturated rings. The molecule has 0 bridgehead atoms. The summed E-state index contributed by atoms with van der Waals surface area (Å²) in [7, 11) is 0. The summed E-state index contributed by atoms with van der Waals surface area (Å²) in [5, 5.41) is -0.776. The first-order chi connectivity index (χ1) is 16.9. The maximum Gasteiger partial charge on any atom is 0.200 e. The summed E-state index contributed by atoms with van der Waals surface area (Å²) in [5.74, 6) is -24.5. The third-order valence-electron chi connectivity index (χ3n) is 5.47. The highest BCUT2D eigenvalue weighted by Crippen LogP contribution is 2.46. The molecule has 4 nitrogen and oxygen atoms in total. The Labute approximate surface area is 191 Å². The van der Waals surface area contributed by atoms with E-state index >= 15 is 0 Å². The predicted octanol–water partition coefficient (Wildman–Crippen LogP) is 7.07. The lowest BCUT2D eigenvalue weighted by molar-refractivity contribution is 0.381. The number of hydrogen-bond donors (Lipinski definition) is 2. The normalized spacial score (nSPS) is 11.8. The molecule has 0 saturated heterocycles. The number of hydrogen-bond acceptors (Lipinski definition) is 4. The minimum Gasteiger partial charge on any atom is -0.440 e. The highest BCUT2D eigenvalue weighted by atomic mass is 19.2. The van der Waals surface area contributed by atoms with Crippen LogP contribution in [0.5, 0.6) is 0 Å². The van der Waals surface area contributed by atoms with Crippen LogP contribution in [-0.2, 0) is 0 Å². The number of nitrogens with two attached hydrogens (primary N) is 2. The van der Waals surface area contributed by atoms with Crippen LogP contribution in [0.15, 0.2) is 21.0 Å². The van der Waals surface area contributed by atoms with Crippen molar-refractivity contribution < 1.29 is 52.7 Å². The van der Waals surface area contributed by atoms with Gasteiger partial charge >= 0.3 is 0 Å². The third kappa shape index (κ3) is 2.90. The summed E-state index contributed by atoms with van der Waals surface area (Å²) in [4.78, 5) is 0. The molecule has 0 radical (unpaired) electrons. The molecular weight excluding hydrogens is 514 g/mol. The molecule has 3 aromatic carbocycles. The van der Waals surface area contributed by atoms with Crippen LogP contribution in [0.2, 0.25) is 0 Å². The number of furan rings is 2. The molecule has 2 aromatic heterocycles. The minimum absolute atomic E-state index is 0.388. The lowest BCUT2D eigenvalue weighted by atomic mass is 9.98. The predicted molar refractivity (Wildman–Crippen MR) is 105 cm³/mol. The largest absolute Gasteiger partial charge is 0.440 e. The summed E-state index contributed by atoms with van der Waals surface area (Å²) in [5.41, 5.74) is 5.91. The molecule has 0 aliphatic rings. The van der Waals surface area contributed by atoms with Gasteiger partial charge in [0, 0.05) is 10.8 Å². The second-order valence-electron chi connectivity index (χ2n) is 7.42. The molecule has 0 unspecified atom stereocenters. The summed E-state index contributed by atoms with van der Waals surface area (Å²) in [6.07, 6.45) is 0.